The number of imide groups is 1. The molecule has 7 nitrogen and oxygen atoms in total. The highest BCUT2D eigenvalue weighted by atomic mass is 16.6. The lowest BCUT2D eigenvalue weighted by Crippen LogP contribution is -2.50. The number of carboxylic acids is 1. The lowest BCUT2D eigenvalue weighted by atomic mass is 10.0. The average Bonchev–Trinajstić information content (AvgIpc) is 2.24. The fourth-order valence-corrected chi connectivity index (χ4v) is 1.50. The standard InChI is InChI=1S/C13H23NO6/c1-8(2)7-9(10(15)16)14(11(17)19-6)12(18)20-13(3,4)5/h8-9H,7H2,1-6H3,(H,15,16)/t9-/m0/s1. The molecule has 116 valence electrons. The summed E-state index contributed by atoms with van der Waals surface area (Å²) in [6.45, 7) is 8.46. The van der Waals surface area contributed by atoms with Crippen molar-refractivity contribution in [1.29, 1.82) is 0 Å². The highest BCUT2D eigenvalue weighted by Crippen LogP contribution is 2.18. The molecule has 0 radical (unpaired) electrons. The molecular weight excluding hydrogens is 266 g/mol. The molecule has 0 bridgehead atoms. The Kier molecular flexibility index (Phi) is 6.48. The van der Waals surface area contributed by atoms with Gasteiger partial charge in [0.25, 0.3) is 0 Å². The van der Waals surface area contributed by atoms with Crippen molar-refractivity contribution in [3.8, 4) is 0 Å². The number of carbonyl (C=O) groups is 3. The van der Waals surface area contributed by atoms with Crippen LogP contribution in [-0.2, 0) is 14.3 Å². The Morgan fingerprint density at radius 3 is 1.95 bits per heavy atom. The van der Waals surface area contributed by atoms with Crippen molar-refractivity contribution in [2.24, 2.45) is 5.92 Å². The minimum absolute atomic E-state index is 0.0225. The van der Waals surface area contributed by atoms with E-state index in [4.69, 9.17) is 4.74 Å². The van der Waals surface area contributed by atoms with E-state index < -0.39 is 29.8 Å². The maximum Gasteiger partial charge on any atom is 0.420 e. The van der Waals surface area contributed by atoms with E-state index in [9.17, 15) is 19.5 Å². The normalized spacial score (nSPS) is 12.8. The van der Waals surface area contributed by atoms with Gasteiger partial charge in [-0.2, -0.15) is 4.90 Å². The molecule has 0 heterocycles. The van der Waals surface area contributed by atoms with Gasteiger partial charge in [-0.15, -0.1) is 0 Å². The van der Waals surface area contributed by atoms with Crippen LogP contribution in [0.25, 0.3) is 0 Å². The second-order valence-electron chi connectivity index (χ2n) is 5.80. The van der Waals surface area contributed by atoms with E-state index in [1.54, 1.807) is 34.6 Å². The average molecular weight is 289 g/mol. The van der Waals surface area contributed by atoms with Crippen LogP contribution < -0.4 is 0 Å². The number of carbonyl (C=O) groups excluding carboxylic acids is 2. The van der Waals surface area contributed by atoms with Crippen LogP contribution in [0.15, 0.2) is 0 Å². The van der Waals surface area contributed by atoms with E-state index in [0.717, 1.165) is 7.11 Å². The lowest BCUT2D eigenvalue weighted by Gasteiger charge is -2.29. The fourth-order valence-electron chi connectivity index (χ4n) is 1.50. The van der Waals surface area contributed by atoms with Gasteiger partial charge in [-0.25, -0.2) is 14.4 Å². The molecule has 0 spiro atoms. The number of ether oxygens (including phenoxy) is 2. The van der Waals surface area contributed by atoms with Crippen molar-refractivity contribution in [2.75, 3.05) is 7.11 Å². The largest absolute Gasteiger partial charge is 0.480 e. The van der Waals surface area contributed by atoms with Crippen LogP contribution in [0.5, 0.6) is 0 Å². The van der Waals surface area contributed by atoms with Crippen molar-refractivity contribution in [3.05, 3.63) is 0 Å². The number of hydrogen-bond donors (Lipinski definition) is 1. The first-order chi connectivity index (χ1) is 8.99. The Hall–Kier alpha value is -1.79. The number of carboxylic acid groups (broad SMARTS) is 1. The van der Waals surface area contributed by atoms with Gasteiger partial charge in [0.2, 0.25) is 0 Å². The molecule has 0 saturated carbocycles. The summed E-state index contributed by atoms with van der Waals surface area (Å²) in [7, 11) is 1.08. The van der Waals surface area contributed by atoms with E-state index in [1.165, 1.54) is 0 Å². The lowest BCUT2D eigenvalue weighted by molar-refractivity contribution is -0.143. The molecule has 0 saturated heterocycles. The van der Waals surface area contributed by atoms with Gasteiger partial charge in [0.1, 0.15) is 11.6 Å². The molecule has 0 aliphatic rings. The zero-order chi connectivity index (χ0) is 16.1. The topological polar surface area (TPSA) is 93.1 Å². The Balaban J connectivity index is 5.35. The Morgan fingerprint density at radius 1 is 1.15 bits per heavy atom. The van der Waals surface area contributed by atoms with E-state index in [2.05, 4.69) is 4.74 Å². The molecule has 1 N–H and O–H groups in total. The number of aliphatic carboxylic acids is 1. The molecule has 0 fully saturated rings. The van der Waals surface area contributed by atoms with Crippen molar-refractivity contribution in [3.63, 3.8) is 0 Å². The predicted molar refractivity (Wildman–Crippen MR) is 71.4 cm³/mol. The van der Waals surface area contributed by atoms with Crippen LogP contribution in [0.4, 0.5) is 9.59 Å². The maximum atomic E-state index is 12.0. The Morgan fingerprint density at radius 2 is 1.65 bits per heavy atom. The highest BCUT2D eigenvalue weighted by Gasteiger charge is 2.38. The highest BCUT2D eigenvalue weighted by molar-refractivity contribution is 5.93. The van der Waals surface area contributed by atoms with Crippen molar-refractivity contribution >= 4 is 18.2 Å². The molecule has 0 aliphatic carbocycles. The predicted octanol–water partition coefficient (Wildman–Crippen LogP) is 2.49. The number of nitrogens with zero attached hydrogens (tertiary/aromatic N) is 1. The zero-order valence-electron chi connectivity index (χ0n) is 12.8. The van der Waals surface area contributed by atoms with Gasteiger partial charge in [0.15, 0.2) is 0 Å². The van der Waals surface area contributed by atoms with Crippen LogP contribution in [0, 0.1) is 5.92 Å². The van der Waals surface area contributed by atoms with Gasteiger partial charge in [-0.1, -0.05) is 13.8 Å². The third-order valence-corrected chi connectivity index (χ3v) is 2.25. The summed E-state index contributed by atoms with van der Waals surface area (Å²) in [5, 5.41) is 9.23. The SMILES string of the molecule is COC(=O)N(C(=O)OC(C)(C)C)[C@@H](CC(C)C)C(=O)O. The molecule has 0 aromatic rings. The van der Waals surface area contributed by atoms with Gasteiger partial charge < -0.3 is 14.6 Å². The van der Waals surface area contributed by atoms with Crippen LogP contribution in [0.2, 0.25) is 0 Å². The van der Waals surface area contributed by atoms with Crippen molar-refractivity contribution in [1.82, 2.24) is 4.90 Å². The van der Waals surface area contributed by atoms with E-state index in [-0.39, 0.29) is 12.3 Å². The number of rotatable bonds is 4. The number of amides is 2. The number of methoxy groups -OCH3 is 1. The number of hydrogen-bond acceptors (Lipinski definition) is 5. The van der Waals surface area contributed by atoms with Crippen molar-refractivity contribution < 1.29 is 29.0 Å². The molecule has 0 unspecified atom stereocenters. The fraction of sp³-hybridized carbons (Fsp3) is 0.769. The molecule has 0 aliphatic heterocycles. The van der Waals surface area contributed by atoms with Gasteiger partial charge in [0.05, 0.1) is 7.11 Å². The first-order valence-electron chi connectivity index (χ1n) is 6.32. The summed E-state index contributed by atoms with van der Waals surface area (Å²) in [6.07, 6.45) is -1.96. The minimum Gasteiger partial charge on any atom is -0.480 e. The quantitative estimate of drug-likeness (QED) is 0.854. The summed E-state index contributed by atoms with van der Waals surface area (Å²) in [5.74, 6) is -1.30. The van der Waals surface area contributed by atoms with Crippen LogP contribution in [-0.4, -0.2) is 46.9 Å². The summed E-state index contributed by atoms with van der Waals surface area (Å²) in [4.78, 5) is 35.5. The molecule has 20 heavy (non-hydrogen) atoms. The monoisotopic (exact) mass is 289 g/mol. The summed E-state index contributed by atoms with van der Waals surface area (Å²) in [6, 6.07) is -1.32. The van der Waals surface area contributed by atoms with Gasteiger partial charge >= 0.3 is 18.2 Å². The second-order valence-corrected chi connectivity index (χ2v) is 5.80. The zero-order valence-corrected chi connectivity index (χ0v) is 12.8. The Bertz CT molecular complexity index is 372. The van der Waals surface area contributed by atoms with Crippen LogP contribution >= 0.6 is 0 Å². The third kappa shape index (κ3) is 5.90. The molecule has 2 amide bonds. The smallest absolute Gasteiger partial charge is 0.420 e. The van der Waals surface area contributed by atoms with Crippen LogP contribution in [0.3, 0.4) is 0 Å². The molecule has 0 rings (SSSR count). The van der Waals surface area contributed by atoms with Gasteiger partial charge in [-0.3, -0.25) is 0 Å². The molecule has 0 aromatic carbocycles. The molecule has 0 aromatic heterocycles. The van der Waals surface area contributed by atoms with Crippen molar-refractivity contribution in [2.45, 2.75) is 52.7 Å². The minimum atomic E-state index is -1.32. The maximum absolute atomic E-state index is 12.0. The first kappa shape index (κ1) is 18.2. The Labute approximate surface area is 118 Å². The summed E-state index contributed by atoms with van der Waals surface area (Å²) >= 11 is 0. The van der Waals surface area contributed by atoms with E-state index >= 15 is 0 Å². The second kappa shape index (κ2) is 7.12. The summed E-state index contributed by atoms with van der Waals surface area (Å²) in [5.41, 5.74) is -0.843. The first-order valence-corrected chi connectivity index (χ1v) is 6.32. The molecule has 7 heteroatoms. The third-order valence-electron chi connectivity index (χ3n) is 2.25. The van der Waals surface area contributed by atoms with Crippen LogP contribution in [0.1, 0.15) is 41.0 Å². The van der Waals surface area contributed by atoms with Gasteiger partial charge in [0, 0.05) is 0 Å². The van der Waals surface area contributed by atoms with E-state index in [0.29, 0.717) is 4.90 Å². The molecular formula is C13H23NO6. The summed E-state index contributed by atoms with van der Waals surface area (Å²) < 4.78 is 9.54. The van der Waals surface area contributed by atoms with E-state index in [1.807, 2.05) is 0 Å². The molecule has 1 atom stereocenters. The van der Waals surface area contributed by atoms with Gasteiger partial charge in [-0.05, 0) is 33.1 Å².